The first-order chi connectivity index (χ1) is 3.71. The molecular weight excluding hydrogens is 353 g/mol. The average Bonchev–Trinajstić information content (AvgIpc) is 1.14. The molecule has 0 aromatic carbocycles. The van der Waals surface area contributed by atoms with Gasteiger partial charge in [0.2, 0.25) is 0 Å². The third-order valence-electron chi connectivity index (χ3n) is 0.492. The maximum atomic E-state index is 9.31. The summed E-state index contributed by atoms with van der Waals surface area (Å²) in [5.41, 5.74) is 0. The van der Waals surface area contributed by atoms with Crippen molar-refractivity contribution < 1.29 is 4.86 Å². The Morgan fingerprint density at radius 2 is 1.56 bits per heavy atom. The molecule has 0 heterocycles. The Kier molecular flexibility index (Phi) is 4.17. The van der Waals surface area contributed by atoms with Crippen molar-refractivity contribution in [3.05, 3.63) is 0 Å². The molecule has 0 rings (SSSR count). The summed E-state index contributed by atoms with van der Waals surface area (Å²) in [7, 11) is 5.90. The number of halogens is 1. The predicted octanol–water partition coefficient (Wildman–Crippen LogP) is 1.64. The van der Waals surface area contributed by atoms with Crippen molar-refractivity contribution in [2.75, 3.05) is 0 Å². The zero-order chi connectivity index (χ0) is 7.71. The number of hydrogen-bond acceptors (Lipinski definition) is 2. The van der Waals surface area contributed by atoms with E-state index in [0.29, 0.717) is 0 Å². The van der Waals surface area contributed by atoms with E-state index in [0.717, 1.165) is 0 Å². The van der Waals surface area contributed by atoms with Gasteiger partial charge in [-0.15, -0.1) is 0 Å². The van der Waals surface area contributed by atoms with E-state index in [1.807, 2.05) is 9.88 Å². The second-order valence-corrected chi connectivity index (χ2v) is 29.5. The van der Waals surface area contributed by atoms with Crippen LogP contribution in [0.15, 0.2) is 0 Å². The van der Waals surface area contributed by atoms with E-state index in [2.05, 4.69) is 0 Å². The van der Waals surface area contributed by atoms with Gasteiger partial charge in [-0.3, -0.25) is 0 Å². The molecule has 9 heavy (non-hydrogen) atoms. The summed E-state index contributed by atoms with van der Waals surface area (Å²) < 4.78 is 14.7. The quantitative estimate of drug-likeness (QED) is 0.754. The van der Waals surface area contributed by atoms with Gasteiger partial charge in [-0.25, -0.2) is 0 Å². The van der Waals surface area contributed by atoms with E-state index < -0.39 is 36.9 Å². The molecule has 0 aliphatic heterocycles. The van der Waals surface area contributed by atoms with Gasteiger partial charge in [0, 0.05) is 0 Å². The zero-order valence-corrected chi connectivity index (χ0v) is 12.7. The summed E-state index contributed by atoms with van der Waals surface area (Å²) in [6, 6.07) is 0. The molecule has 0 aromatic heterocycles. The second kappa shape index (κ2) is 3.47. The van der Waals surface area contributed by atoms with E-state index in [1.165, 1.54) is 0 Å². The van der Waals surface area contributed by atoms with Crippen LogP contribution in [0.4, 0.5) is 0 Å². The van der Waals surface area contributed by atoms with Gasteiger partial charge in [-0.2, -0.15) is 0 Å². The topological polar surface area (TPSA) is 29.5 Å². The van der Waals surface area contributed by atoms with Gasteiger partial charge in [0.25, 0.3) is 0 Å². The van der Waals surface area contributed by atoms with Crippen LogP contribution in [0.2, 0.25) is 19.8 Å². The summed E-state index contributed by atoms with van der Waals surface area (Å²) in [4.78, 5) is 7.47. The number of rotatable bonds is 2. The molecule has 5 heteroatoms. The van der Waals surface area contributed by atoms with Gasteiger partial charge in [-0.05, 0) is 0 Å². The van der Waals surface area contributed by atoms with E-state index in [-0.39, 0.29) is 0 Å². The van der Waals surface area contributed by atoms with Crippen molar-refractivity contribution in [2.24, 2.45) is 0 Å². The van der Waals surface area contributed by atoms with Crippen LogP contribution in [0.25, 0.3) is 0 Å². The Bertz CT molecular complexity index is 81.7. The molecule has 56 valence electrons. The van der Waals surface area contributed by atoms with Crippen molar-refractivity contribution in [3.63, 3.8) is 0 Å². The molecule has 0 amide bonds. The first kappa shape index (κ1) is 10.8. The number of hydrogen-bond donors (Lipinski definition) is 1. The van der Waals surface area contributed by atoms with Crippen LogP contribution in [-0.2, 0) is 1.41 Å². The molecule has 0 saturated heterocycles. The van der Waals surface area contributed by atoms with Crippen LogP contribution < -0.4 is 0 Å². The summed E-state index contributed by atoms with van der Waals surface area (Å²) >= 11 is -5.62. The van der Waals surface area contributed by atoms with Crippen LogP contribution in [0, 0.1) is 0 Å². The van der Waals surface area contributed by atoms with E-state index in [1.54, 1.807) is 9.88 Å². The minimum absolute atomic E-state index is 1.80. The molecule has 0 spiro atoms. The van der Waals surface area contributed by atoms with Crippen LogP contribution in [0.1, 0.15) is 0 Å². The van der Waals surface area contributed by atoms with Crippen LogP contribution in [-0.4, -0.2) is 40.3 Å². The van der Waals surface area contributed by atoms with Crippen molar-refractivity contribution in [2.45, 2.75) is 19.8 Å². The molecule has 0 aliphatic rings. The zero-order valence-electron chi connectivity index (χ0n) is 6.23. The first-order valence-electron chi connectivity index (χ1n) is 2.82. The summed E-state index contributed by atoms with van der Waals surface area (Å²) in [5.74, 6) is 0. The molecule has 0 aromatic rings. The fourth-order valence-corrected chi connectivity index (χ4v) is 35.2. The van der Waals surface area contributed by atoms with Crippen LogP contribution >= 0.6 is 8.92 Å². The Balaban J connectivity index is 3.75. The monoisotopic (exact) mass is 368 g/mol. The van der Waals surface area contributed by atoms with Gasteiger partial charge in [0.05, 0.1) is 0 Å². The van der Waals surface area contributed by atoms with E-state index >= 15 is 0 Å². The molecule has 0 saturated carbocycles. The van der Waals surface area contributed by atoms with Gasteiger partial charge >= 0.3 is 70.4 Å². The van der Waals surface area contributed by atoms with Gasteiger partial charge in [-0.1, -0.05) is 0 Å². The minimum atomic E-state index is -2.99. The molecule has 0 bridgehead atoms. The second-order valence-electron chi connectivity index (χ2n) is 2.91. The maximum absolute atomic E-state index is 9.31. The Morgan fingerprint density at radius 3 is 1.56 bits per heavy atom. The van der Waals surface area contributed by atoms with Crippen LogP contribution in [0.3, 0.4) is 0 Å². The van der Waals surface area contributed by atoms with Crippen molar-refractivity contribution in [1.29, 1.82) is 0 Å². The third kappa shape index (κ3) is 9.81. The van der Waals surface area contributed by atoms with Gasteiger partial charge < -0.3 is 0 Å². The molecule has 0 aliphatic carbocycles. The first-order valence-corrected chi connectivity index (χ1v) is 21.5. The van der Waals surface area contributed by atoms with Crippen molar-refractivity contribution in [1.82, 2.24) is 0 Å². The standard InChI is InChI=1S/4CH3.ClH.H2O.O.2Sn/h4*1H3;1H;1H2;;;/q;;;;;;;2*+1/p-2. The Morgan fingerprint density at radius 1 is 1.22 bits per heavy atom. The van der Waals surface area contributed by atoms with E-state index in [9.17, 15) is 3.44 Å². The van der Waals surface area contributed by atoms with Crippen molar-refractivity contribution >= 4 is 45.8 Å². The fraction of sp³-hybridized carbons (Fsp3) is 1.00. The molecule has 0 radical (unpaired) electrons. The van der Waals surface area contributed by atoms with Gasteiger partial charge in [0.15, 0.2) is 0 Å². The Hall–Kier alpha value is 1.81. The molecule has 0 fully saturated rings. The van der Waals surface area contributed by atoms with Crippen LogP contribution in [0.5, 0.6) is 0 Å². The normalized spacial score (nSPS) is 14.0. The van der Waals surface area contributed by atoms with Crippen molar-refractivity contribution in [3.8, 4) is 0 Å². The van der Waals surface area contributed by atoms with E-state index in [4.69, 9.17) is 10.3 Å². The summed E-state index contributed by atoms with van der Waals surface area (Å²) in [6.07, 6.45) is 0. The molecule has 2 nitrogen and oxygen atoms in total. The SMILES string of the molecule is [CH3][Sn]([CH3])([OH])[O][Sn]([CH3])([CH3])[Cl]. The molecule has 1 N–H and O–H groups in total. The summed E-state index contributed by atoms with van der Waals surface area (Å²) in [5, 5.41) is 0. The fourth-order valence-electron chi connectivity index (χ4n) is 0.594. The third-order valence-corrected chi connectivity index (χ3v) is 25.6. The molecule has 0 unspecified atom stereocenters. The molecular formula is C4H13ClO2Sn2. The average molecular weight is 366 g/mol. The predicted molar refractivity (Wildman–Crippen MR) is 44.1 cm³/mol. The Labute approximate surface area is 69.6 Å². The molecule has 0 atom stereocenters. The summed E-state index contributed by atoms with van der Waals surface area (Å²) in [6.45, 7) is 0. The van der Waals surface area contributed by atoms with Gasteiger partial charge in [0.1, 0.15) is 0 Å².